The second-order valence-electron chi connectivity index (χ2n) is 5.51. The van der Waals surface area contributed by atoms with Crippen LogP contribution in [-0.4, -0.2) is 21.2 Å². The number of para-hydroxylation sites is 2. The van der Waals surface area contributed by atoms with E-state index in [1.807, 2.05) is 54.6 Å². The van der Waals surface area contributed by atoms with E-state index in [0.29, 0.717) is 16.5 Å². The van der Waals surface area contributed by atoms with Gasteiger partial charge in [-0.2, -0.15) is 0 Å². The molecule has 7 heteroatoms. The van der Waals surface area contributed by atoms with Crippen molar-refractivity contribution < 1.29 is 4.79 Å². The van der Waals surface area contributed by atoms with Gasteiger partial charge >= 0.3 is 0 Å². The number of hydrogen-bond donors (Lipinski definition) is 1. The lowest BCUT2D eigenvalue weighted by atomic mass is 10.3. The number of hydrogen-bond acceptors (Lipinski definition) is 4. The fraction of sp³-hybridized carbons (Fsp3) is 0.105. The van der Waals surface area contributed by atoms with E-state index in [2.05, 4.69) is 26.2 Å². The van der Waals surface area contributed by atoms with Gasteiger partial charge in [-0.3, -0.25) is 14.2 Å². The molecule has 0 aliphatic heterocycles. The third-order valence-electron chi connectivity index (χ3n) is 3.51. The monoisotopic (exact) mass is 429 g/mol. The minimum atomic E-state index is -0.169. The molecule has 0 saturated heterocycles. The fourth-order valence-corrected chi connectivity index (χ4v) is 3.61. The summed E-state index contributed by atoms with van der Waals surface area (Å²) in [4.78, 5) is 29.2. The standard InChI is InChI=1S/C19H16BrN3O2S/c1-13-11-18(25)23(14-7-3-2-4-8-14)19(21-13)26-12-17(24)22-16-10-6-5-9-15(16)20/h2-11H,12H2,1H3,(H,22,24). The highest BCUT2D eigenvalue weighted by Crippen LogP contribution is 2.23. The molecule has 0 atom stereocenters. The number of anilines is 1. The number of aromatic nitrogens is 2. The van der Waals surface area contributed by atoms with Crippen LogP contribution in [0.3, 0.4) is 0 Å². The summed E-state index contributed by atoms with van der Waals surface area (Å²) in [7, 11) is 0. The number of benzene rings is 2. The highest BCUT2D eigenvalue weighted by Gasteiger charge is 2.13. The molecule has 2 aromatic carbocycles. The molecule has 3 rings (SSSR count). The Morgan fingerprint density at radius 1 is 1.15 bits per heavy atom. The van der Waals surface area contributed by atoms with Gasteiger partial charge in [0.25, 0.3) is 5.56 Å². The van der Waals surface area contributed by atoms with Crippen molar-refractivity contribution in [1.82, 2.24) is 9.55 Å². The van der Waals surface area contributed by atoms with Crippen LogP contribution in [0.5, 0.6) is 0 Å². The Bertz CT molecular complexity index is 990. The fourth-order valence-electron chi connectivity index (χ4n) is 2.36. The first kappa shape index (κ1) is 18.4. The molecule has 1 aromatic heterocycles. The van der Waals surface area contributed by atoms with Crippen molar-refractivity contribution in [2.75, 3.05) is 11.1 Å². The first-order chi connectivity index (χ1) is 12.5. The topological polar surface area (TPSA) is 64.0 Å². The van der Waals surface area contributed by atoms with Crippen molar-refractivity contribution in [2.24, 2.45) is 0 Å². The zero-order chi connectivity index (χ0) is 18.5. The van der Waals surface area contributed by atoms with E-state index in [1.165, 1.54) is 22.4 Å². The van der Waals surface area contributed by atoms with Gasteiger partial charge in [-0.1, -0.05) is 42.1 Å². The Labute approximate surface area is 163 Å². The molecule has 0 saturated carbocycles. The van der Waals surface area contributed by atoms with Gasteiger partial charge in [0.15, 0.2) is 5.16 Å². The molecule has 0 aliphatic rings. The number of halogens is 1. The predicted octanol–water partition coefficient (Wildman–Crippen LogP) is 4.03. The Kier molecular flexibility index (Phi) is 5.90. The van der Waals surface area contributed by atoms with E-state index in [-0.39, 0.29) is 17.2 Å². The summed E-state index contributed by atoms with van der Waals surface area (Å²) < 4.78 is 2.33. The molecule has 1 heterocycles. The summed E-state index contributed by atoms with van der Waals surface area (Å²) in [5, 5.41) is 3.34. The van der Waals surface area contributed by atoms with Gasteiger partial charge in [0.1, 0.15) is 0 Å². The minimum absolute atomic E-state index is 0.143. The summed E-state index contributed by atoms with van der Waals surface area (Å²) in [5.41, 5.74) is 1.88. The third-order valence-corrected chi connectivity index (χ3v) is 5.14. The van der Waals surface area contributed by atoms with E-state index in [0.717, 1.165) is 10.2 Å². The van der Waals surface area contributed by atoms with E-state index >= 15 is 0 Å². The largest absolute Gasteiger partial charge is 0.324 e. The Balaban J connectivity index is 1.81. The molecule has 1 N–H and O–H groups in total. The molecule has 1 amide bonds. The van der Waals surface area contributed by atoms with Crippen LogP contribution >= 0.6 is 27.7 Å². The van der Waals surface area contributed by atoms with Gasteiger partial charge in [0.2, 0.25) is 5.91 Å². The number of nitrogens with zero attached hydrogens (tertiary/aromatic N) is 2. The number of thioether (sulfide) groups is 1. The minimum Gasteiger partial charge on any atom is -0.324 e. The number of carbonyl (C=O) groups excluding carboxylic acids is 1. The molecule has 0 fully saturated rings. The molecule has 3 aromatic rings. The lowest BCUT2D eigenvalue weighted by molar-refractivity contribution is -0.113. The summed E-state index contributed by atoms with van der Waals surface area (Å²) in [6.45, 7) is 1.77. The molecule has 0 aliphatic carbocycles. The molecule has 132 valence electrons. The molecule has 0 bridgehead atoms. The number of aryl methyl sites for hydroxylation is 1. The SMILES string of the molecule is Cc1cc(=O)n(-c2ccccc2)c(SCC(=O)Nc2ccccc2Br)n1. The number of amides is 1. The van der Waals surface area contributed by atoms with Crippen LogP contribution in [0.1, 0.15) is 5.69 Å². The molecular weight excluding hydrogens is 414 g/mol. The van der Waals surface area contributed by atoms with Crippen molar-refractivity contribution in [1.29, 1.82) is 0 Å². The quantitative estimate of drug-likeness (QED) is 0.490. The van der Waals surface area contributed by atoms with Gasteiger partial charge in [0.05, 0.1) is 17.1 Å². The Morgan fingerprint density at radius 3 is 2.58 bits per heavy atom. The van der Waals surface area contributed by atoms with Gasteiger partial charge < -0.3 is 5.32 Å². The molecule has 0 radical (unpaired) electrons. The van der Waals surface area contributed by atoms with Crippen LogP contribution in [0.25, 0.3) is 5.69 Å². The molecule has 0 unspecified atom stereocenters. The van der Waals surface area contributed by atoms with Crippen LogP contribution in [0.4, 0.5) is 5.69 Å². The normalized spacial score (nSPS) is 10.5. The number of nitrogens with one attached hydrogen (secondary N) is 1. The predicted molar refractivity (Wildman–Crippen MR) is 108 cm³/mol. The maximum Gasteiger partial charge on any atom is 0.258 e. The Morgan fingerprint density at radius 2 is 1.85 bits per heavy atom. The van der Waals surface area contributed by atoms with Gasteiger partial charge in [0, 0.05) is 16.2 Å². The summed E-state index contributed by atoms with van der Waals surface area (Å²) >= 11 is 4.63. The molecule has 26 heavy (non-hydrogen) atoms. The average molecular weight is 430 g/mol. The molecule has 5 nitrogen and oxygen atoms in total. The van der Waals surface area contributed by atoms with Crippen molar-refractivity contribution >= 4 is 39.3 Å². The van der Waals surface area contributed by atoms with Crippen molar-refractivity contribution in [3.05, 3.63) is 81.2 Å². The summed E-state index contributed by atoms with van der Waals surface area (Å²) in [5.74, 6) is -0.0263. The van der Waals surface area contributed by atoms with E-state index in [4.69, 9.17) is 0 Å². The third kappa shape index (κ3) is 4.42. The van der Waals surface area contributed by atoms with Crippen LogP contribution in [-0.2, 0) is 4.79 Å². The molecular formula is C19H16BrN3O2S. The van der Waals surface area contributed by atoms with E-state index in [1.54, 1.807) is 6.92 Å². The average Bonchev–Trinajstić information content (AvgIpc) is 2.62. The molecule has 0 spiro atoms. The Hall–Kier alpha value is -2.38. The highest BCUT2D eigenvalue weighted by molar-refractivity contribution is 9.10. The van der Waals surface area contributed by atoms with Crippen molar-refractivity contribution in [2.45, 2.75) is 12.1 Å². The van der Waals surface area contributed by atoms with Crippen molar-refractivity contribution in [3.63, 3.8) is 0 Å². The zero-order valence-corrected chi connectivity index (χ0v) is 16.4. The zero-order valence-electron chi connectivity index (χ0n) is 14.0. The van der Waals surface area contributed by atoms with Crippen molar-refractivity contribution in [3.8, 4) is 5.69 Å². The maximum absolute atomic E-state index is 12.4. The van der Waals surface area contributed by atoms with Crippen LogP contribution in [0.2, 0.25) is 0 Å². The van der Waals surface area contributed by atoms with Crippen LogP contribution < -0.4 is 10.9 Å². The highest BCUT2D eigenvalue weighted by atomic mass is 79.9. The maximum atomic E-state index is 12.4. The first-order valence-electron chi connectivity index (χ1n) is 7.88. The lowest BCUT2D eigenvalue weighted by Crippen LogP contribution is -2.22. The van der Waals surface area contributed by atoms with Crippen LogP contribution in [0.15, 0.2) is 75.1 Å². The van der Waals surface area contributed by atoms with Crippen LogP contribution in [0, 0.1) is 6.92 Å². The smallest absolute Gasteiger partial charge is 0.258 e. The first-order valence-corrected chi connectivity index (χ1v) is 9.66. The summed E-state index contributed by atoms with van der Waals surface area (Å²) in [6, 6.07) is 18.2. The number of carbonyl (C=O) groups is 1. The second-order valence-corrected chi connectivity index (χ2v) is 7.30. The van der Waals surface area contributed by atoms with E-state index < -0.39 is 0 Å². The second kappa shape index (κ2) is 8.33. The lowest BCUT2D eigenvalue weighted by Gasteiger charge is -2.12. The number of rotatable bonds is 5. The summed E-state index contributed by atoms with van der Waals surface area (Å²) in [6.07, 6.45) is 0. The van der Waals surface area contributed by atoms with E-state index in [9.17, 15) is 9.59 Å². The van der Waals surface area contributed by atoms with Gasteiger partial charge in [-0.15, -0.1) is 0 Å². The van der Waals surface area contributed by atoms with Gasteiger partial charge in [-0.05, 0) is 47.1 Å². The van der Waals surface area contributed by atoms with Gasteiger partial charge in [-0.25, -0.2) is 4.98 Å².